The highest BCUT2D eigenvalue weighted by Crippen LogP contribution is 2.19. The van der Waals surface area contributed by atoms with Crippen molar-refractivity contribution < 1.29 is 4.79 Å². The number of carbonyl (C=O) groups excluding carboxylic acids is 1. The van der Waals surface area contributed by atoms with Crippen LogP contribution in [-0.4, -0.2) is 5.91 Å². The summed E-state index contributed by atoms with van der Waals surface area (Å²) in [4.78, 5) is 12.2. The number of nitrogens with one attached hydrogen (secondary N) is 1. The molecule has 102 valence electrons. The first-order chi connectivity index (χ1) is 9.58. The minimum Gasteiger partial charge on any atom is -0.322 e. The average Bonchev–Trinajstić information content (AvgIpc) is 2.45. The Hall–Kier alpha value is -2.35. The van der Waals surface area contributed by atoms with E-state index < -0.39 is 0 Å². The number of hydrogen-bond acceptors (Lipinski definition) is 1. The molecule has 1 N–H and O–H groups in total. The molecule has 2 aromatic rings. The maximum absolute atomic E-state index is 12.2. The van der Waals surface area contributed by atoms with Crippen LogP contribution in [0.3, 0.4) is 0 Å². The average molecular weight is 265 g/mol. The van der Waals surface area contributed by atoms with Gasteiger partial charge in [0.1, 0.15) is 0 Å². The van der Waals surface area contributed by atoms with E-state index in [1.54, 1.807) is 0 Å². The van der Waals surface area contributed by atoms with Gasteiger partial charge in [-0.25, -0.2) is 0 Å². The van der Waals surface area contributed by atoms with E-state index in [1.807, 2.05) is 75.4 Å². The molecule has 0 atom stereocenters. The number of benzene rings is 2. The fourth-order valence-electron chi connectivity index (χ4n) is 1.97. The summed E-state index contributed by atoms with van der Waals surface area (Å²) in [6.07, 6.45) is 1.89. The van der Waals surface area contributed by atoms with Gasteiger partial charge < -0.3 is 5.32 Å². The highest BCUT2D eigenvalue weighted by molar-refractivity contribution is 6.06. The molecule has 2 heteroatoms. The maximum atomic E-state index is 12.2. The van der Waals surface area contributed by atoms with Crippen LogP contribution in [0.2, 0.25) is 0 Å². The molecule has 2 rings (SSSR count). The van der Waals surface area contributed by atoms with E-state index in [9.17, 15) is 4.79 Å². The molecular weight excluding hydrogens is 246 g/mol. The topological polar surface area (TPSA) is 29.1 Å². The van der Waals surface area contributed by atoms with Crippen LogP contribution in [0.25, 0.3) is 6.08 Å². The van der Waals surface area contributed by atoms with Crippen LogP contribution in [0.5, 0.6) is 0 Å². The van der Waals surface area contributed by atoms with Crippen molar-refractivity contribution in [3.05, 3.63) is 70.8 Å². The van der Waals surface area contributed by atoms with Crippen molar-refractivity contribution in [2.24, 2.45) is 0 Å². The third kappa shape index (κ3) is 3.35. The Labute approximate surface area is 120 Å². The standard InChI is InChI=1S/C18H19NO/c1-13-8-7-11-17(15(13)3)19-18(20)14(2)12-16-9-5-4-6-10-16/h4-12H,1-3H3,(H,19,20)/b14-12+. The van der Waals surface area contributed by atoms with Crippen LogP contribution in [0.4, 0.5) is 5.69 Å². The van der Waals surface area contributed by atoms with Gasteiger partial charge in [-0.1, -0.05) is 42.5 Å². The minimum absolute atomic E-state index is 0.0671. The molecule has 0 bridgehead atoms. The van der Waals surface area contributed by atoms with E-state index in [2.05, 4.69) is 5.32 Å². The second-order valence-electron chi connectivity index (χ2n) is 4.94. The van der Waals surface area contributed by atoms with E-state index >= 15 is 0 Å². The van der Waals surface area contributed by atoms with Crippen LogP contribution in [0.15, 0.2) is 54.1 Å². The highest BCUT2D eigenvalue weighted by atomic mass is 16.1. The lowest BCUT2D eigenvalue weighted by Gasteiger charge is -2.10. The third-order valence-corrected chi connectivity index (χ3v) is 3.39. The van der Waals surface area contributed by atoms with Crippen molar-refractivity contribution in [1.82, 2.24) is 0 Å². The summed E-state index contributed by atoms with van der Waals surface area (Å²) in [5.74, 6) is -0.0671. The molecule has 20 heavy (non-hydrogen) atoms. The molecule has 0 saturated heterocycles. The Morgan fingerprint density at radius 3 is 2.40 bits per heavy atom. The van der Waals surface area contributed by atoms with E-state index in [0.717, 1.165) is 16.8 Å². The van der Waals surface area contributed by atoms with Crippen molar-refractivity contribution in [2.45, 2.75) is 20.8 Å². The molecule has 0 saturated carbocycles. The zero-order valence-electron chi connectivity index (χ0n) is 12.1. The maximum Gasteiger partial charge on any atom is 0.251 e. The monoisotopic (exact) mass is 265 g/mol. The van der Waals surface area contributed by atoms with Crippen LogP contribution < -0.4 is 5.32 Å². The molecule has 1 amide bonds. The molecule has 2 nitrogen and oxygen atoms in total. The summed E-state index contributed by atoms with van der Waals surface area (Å²) < 4.78 is 0. The second kappa shape index (κ2) is 6.20. The molecular formula is C18H19NO. The number of amides is 1. The lowest BCUT2D eigenvalue weighted by molar-refractivity contribution is -0.112. The molecule has 0 aromatic heterocycles. The summed E-state index contributed by atoms with van der Waals surface area (Å²) in [6, 6.07) is 15.8. The lowest BCUT2D eigenvalue weighted by Crippen LogP contribution is -2.13. The second-order valence-corrected chi connectivity index (χ2v) is 4.94. The smallest absolute Gasteiger partial charge is 0.251 e. The summed E-state index contributed by atoms with van der Waals surface area (Å²) in [5, 5.41) is 2.96. The van der Waals surface area contributed by atoms with Crippen LogP contribution >= 0.6 is 0 Å². The SMILES string of the molecule is C/C(=C\c1ccccc1)C(=O)Nc1cccc(C)c1C. The first-order valence-corrected chi connectivity index (χ1v) is 6.69. The van der Waals surface area contributed by atoms with Gasteiger partial charge in [-0.3, -0.25) is 4.79 Å². The van der Waals surface area contributed by atoms with Gasteiger partial charge >= 0.3 is 0 Å². The first kappa shape index (κ1) is 14.1. The van der Waals surface area contributed by atoms with Gasteiger partial charge in [0.05, 0.1) is 0 Å². The van der Waals surface area contributed by atoms with Gasteiger partial charge in [0, 0.05) is 11.3 Å². The van der Waals surface area contributed by atoms with Crippen molar-refractivity contribution in [3.8, 4) is 0 Å². The normalized spacial score (nSPS) is 11.2. The molecule has 0 heterocycles. The zero-order chi connectivity index (χ0) is 14.5. The number of rotatable bonds is 3. The molecule has 0 aliphatic heterocycles. The van der Waals surface area contributed by atoms with Crippen LogP contribution in [0, 0.1) is 13.8 Å². The number of anilines is 1. The van der Waals surface area contributed by atoms with E-state index in [-0.39, 0.29) is 5.91 Å². The molecule has 0 spiro atoms. The minimum atomic E-state index is -0.0671. The molecule has 0 radical (unpaired) electrons. The Bertz CT molecular complexity index is 642. The summed E-state index contributed by atoms with van der Waals surface area (Å²) in [5.41, 5.74) is 4.87. The van der Waals surface area contributed by atoms with Crippen LogP contribution in [0.1, 0.15) is 23.6 Å². The molecule has 2 aromatic carbocycles. The van der Waals surface area contributed by atoms with Gasteiger partial charge in [0.2, 0.25) is 0 Å². The lowest BCUT2D eigenvalue weighted by atomic mass is 10.1. The number of hydrogen-bond donors (Lipinski definition) is 1. The molecule has 0 fully saturated rings. The molecule has 0 unspecified atom stereocenters. The largest absolute Gasteiger partial charge is 0.322 e. The Kier molecular flexibility index (Phi) is 4.36. The van der Waals surface area contributed by atoms with E-state index in [0.29, 0.717) is 5.57 Å². The Morgan fingerprint density at radius 2 is 1.70 bits per heavy atom. The number of carbonyl (C=O) groups is 1. The van der Waals surface area contributed by atoms with Gasteiger partial charge in [-0.2, -0.15) is 0 Å². The van der Waals surface area contributed by atoms with Crippen molar-refractivity contribution in [1.29, 1.82) is 0 Å². The predicted octanol–water partition coefficient (Wildman–Crippen LogP) is 4.35. The summed E-state index contributed by atoms with van der Waals surface area (Å²) >= 11 is 0. The molecule has 0 aliphatic carbocycles. The number of aryl methyl sites for hydroxylation is 1. The van der Waals surface area contributed by atoms with Gasteiger partial charge in [0.25, 0.3) is 5.91 Å². The van der Waals surface area contributed by atoms with Crippen molar-refractivity contribution in [3.63, 3.8) is 0 Å². The highest BCUT2D eigenvalue weighted by Gasteiger charge is 2.07. The Balaban J connectivity index is 2.16. The van der Waals surface area contributed by atoms with Gasteiger partial charge in [0.15, 0.2) is 0 Å². The van der Waals surface area contributed by atoms with E-state index in [1.165, 1.54) is 5.56 Å². The third-order valence-electron chi connectivity index (χ3n) is 3.39. The van der Waals surface area contributed by atoms with Crippen LogP contribution in [-0.2, 0) is 4.79 Å². The van der Waals surface area contributed by atoms with Gasteiger partial charge in [-0.15, -0.1) is 0 Å². The van der Waals surface area contributed by atoms with Crippen molar-refractivity contribution in [2.75, 3.05) is 5.32 Å². The fourth-order valence-corrected chi connectivity index (χ4v) is 1.97. The van der Waals surface area contributed by atoms with Crippen molar-refractivity contribution >= 4 is 17.7 Å². The first-order valence-electron chi connectivity index (χ1n) is 6.69. The Morgan fingerprint density at radius 1 is 1.00 bits per heavy atom. The fraction of sp³-hybridized carbons (Fsp3) is 0.167. The zero-order valence-corrected chi connectivity index (χ0v) is 12.1. The van der Waals surface area contributed by atoms with Gasteiger partial charge in [-0.05, 0) is 49.6 Å². The predicted molar refractivity (Wildman–Crippen MR) is 84.6 cm³/mol. The summed E-state index contributed by atoms with van der Waals surface area (Å²) in [6.45, 7) is 5.88. The summed E-state index contributed by atoms with van der Waals surface area (Å²) in [7, 11) is 0. The quantitative estimate of drug-likeness (QED) is 0.821. The van der Waals surface area contributed by atoms with E-state index in [4.69, 9.17) is 0 Å². The molecule has 0 aliphatic rings.